The first kappa shape index (κ1) is 64.7. The molecule has 0 aromatic carbocycles. The van der Waals surface area contributed by atoms with E-state index in [-0.39, 0.29) is 83.9 Å². The summed E-state index contributed by atoms with van der Waals surface area (Å²) in [6, 6.07) is -5.29. The van der Waals surface area contributed by atoms with Crippen molar-refractivity contribution < 1.29 is 110 Å². The zero-order valence-electron chi connectivity index (χ0n) is 41.1. The fourth-order valence-electron chi connectivity index (χ4n) is 8.01. The van der Waals surface area contributed by atoms with Crippen molar-refractivity contribution in [3.63, 3.8) is 0 Å². The van der Waals surface area contributed by atoms with Gasteiger partial charge in [-0.3, -0.25) is 33.3 Å². The molecule has 39 heteroatoms. The molecule has 5 rings (SSSR count). The number of thioether (sulfide) groups is 1. The van der Waals surface area contributed by atoms with Gasteiger partial charge in [-0.25, -0.2) is 33.3 Å². The molecule has 3 aliphatic rings. The number of aromatic nitrogens is 3. The predicted octanol–water partition coefficient (Wildman–Crippen LogP) is -0.761. The second-order valence-electron chi connectivity index (χ2n) is 17.5. The molecular formula is C40H57N10O23P3S3. The molecule has 0 saturated carbocycles. The number of nitrogens with one attached hydrogen (secondary N) is 6. The van der Waals surface area contributed by atoms with Crippen molar-refractivity contribution in [3.8, 4) is 11.8 Å². The molecule has 0 spiro atoms. The molecule has 438 valence electrons. The monoisotopic (exact) mass is 1230 g/mol. The minimum absolute atomic E-state index is 0.00488. The highest BCUT2D eigenvalue weighted by atomic mass is 33.1. The van der Waals surface area contributed by atoms with Gasteiger partial charge >= 0.3 is 47.4 Å². The SMILES string of the molecule is Nc1ncnc2c1c(C#CCNC(=O)CCSSCCCC(NC(=O)CCCC[C@@H]1SC[C@@H]3NC(=O)N[C@@H]31)C(=O)NC(CC(=O)O)C(=O)NC(CC(=O)O)C(=O)O)cn2C1CC(O)C(COP(=O)(O)OP(=O)(O)OP(=O)(O)O)O1. The number of phosphoric acid groups is 3. The first-order chi connectivity index (χ1) is 37.1. The van der Waals surface area contributed by atoms with Crippen LogP contribution in [-0.2, 0) is 65.1 Å². The number of carbonyl (C=O) groups is 8. The second-order valence-corrected chi connectivity index (χ2v) is 25.9. The smallest absolute Gasteiger partial charge is 0.481 e. The average molecular weight is 1240 g/mol. The number of aliphatic hydroxyl groups excluding tert-OH is 1. The average Bonchev–Trinajstić information content (AvgIpc) is 4.13. The van der Waals surface area contributed by atoms with E-state index in [0.717, 1.165) is 12.1 Å². The number of nitrogens with zero attached hydrogens (tertiary/aromatic N) is 3. The van der Waals surface area contributed by atoms with Gasteiger partial charge in [0, 0.05) is 48.0 Å². The number of carboxylic acid groups (broad SMARTS) is 3. The summed E-state index contributed by atoms with van der Waals surface area (Å²) in [5.74, 6) is -0.788. The minimum Gasteiger partial charge on any atom is -0.481 e. The number of carbonyl (C=O) groups excluding carboxylic acids is 5. The maximum absolute atomic E-state index is 13.6. The molecular weight excluding hydrogens is 1180 g/mol. The van der Waals surface area contributed by atoms with E-state index in [0.29, 0.717) is 37.2 Å². The lowest BCUT2D eigenvalue weighted by molar-refractivity contribution is -0.148. The molecule has 33 nitrogen and oxygen atoms in total. The Bertz CT molecular complexity index is 2800. The van der Waals surface area contributed by atoms with Crippen molar-refractivity contribution in [3.05, 3.63) is 18.1 Å². The van der Waals surface area contributed by atoms with Crippen LogP contribution in [0.5, 0.6) is 0 Å². The van der Waals surface area contributed by atoms with Gasteiger partial charge in [-0.15, -0.1) is 0 Å². The largest absolute Gasteiger partial charge is 0.490 e. The number of amides is 6. The van der Waals surface area contributed by atoms with Crippen molar-refractivity contribution in [2.24, 2.45) is 0 Å². The third kappa shape index (κ3) is 21.1. The van der Waals surface area contributed by atoms with Gasteiger partial charge in [-0.1, -0.05) is 39.8 Å². The van der Waals surface area contributed by atoms with Crippen molar-refractivity contribution in [2.75, 3.05) is 36.1 Å². The lowest BCUT2D eigenvalue weighted by Gasteiger charge is -2.23. The first-order valence-corrected chi connectivity index (χ1v) is 31.6. The van der Waals surface area contributed by atoms with Crippen LogP contribution in [0, 0.1) is 11.8 Å². The number of anilines is 1. The maximum Gasteiger partial charge on any atom is 0.490 e. The summed E-state index contributed by atoms with van der Waals surface area (Å²) in [5.41, 5.74) is 6.61. The van der Waals surface area contributed by atoms with Crippen LogP contribution in [0.1, 0.15) is 76.0 Å². The number of urea groups is 1. The number of hydrogen-bond donors (Lipinski definition) is 15. The van der Waals surface area contributed by atoms with E-state index >= 15 is 0 Å². The van der Waals surface area contributed by atoms with Crippen molar-refractivity contribution in [1.82, 2.24) is 46.4 Å². The zero-order chi connectivity index (χ0) is 58.2. The molecule has 11 atom stereocenters. The second kappa shape index (κ2) is 29.6. The summed E-state index contributed by atoms with van der Waals surface area (Å²) in [6.07, 6.45) is -1.20. The number of fused-ring (bicyclic) bond motifs is 2. The van der Waals surface area contributed by atoms with Crippen molar-refractivity contribution >= 4 is 121 Å². The van der Waals surface area contributed by atoms with Gasteiger partial charge in [-0.05, 0) is 25.7 Å². The van der Waals surface area contributed by atoms with Gasteiger partial charge in [0.25, 0.3) is 0 Å². The maximum atomic E-state index is 13.6. The molecule has 3 saturated heterocycles. The molecule has 2 aromatic heterocycles. The lowest BCUT2D eigenvalue weighted by Crippen LogP contribution is -2.56. The summed E-state index contributed by atoms with van der Waals surface area (Å²) >= 11 is 1.71. The Kier molecular flexibility index (Phi) is 24.2. The number of rotatable bonds is 32. The minimum atomic E-state index is -5.79. The van der Waals surface area contributed by atoms with Crippen LogP contribution in [0.4, 0.5) is 10.6 Å². The van der Waals surface area contributed by atoms with E-state index in [1.54, 1.807) is 11.8 Å². The third-order valence-electron chi connectivity index (χ3n) is 11.5. The molecule has 16 N–H and O–H groups in total. The van der Waals surface area contributed by atoms with Crippen LogP contribution in [0.25, 0.3) is 11.0 Å². The number of carboxylic acids is 3. The van der Waals surface area contributed by atoms with Gasteiger partial charge in [0.1, 0.15) is 48.2 Å². The standard InChI is InChI=1S/C40H57N10O23P3S3/c41-35-33-20(16-50(36(33)44-19-43-35)30-15-25(51)26(71-30)17-70-75(66,67)73-76(68,69)72-74(63,64)65)5-3-10-42-28(52)9-12-79-78-11-4-6-21(45-29(53)8-2-1-7-27-34-24(18-77-27)48-40(62)49-34)37(58)46-22(13-31(54)55)38(59)47-23(39(60)61)14-32(56)57/h16,19,21-27,30,34,51H,1-2,4,6-15,17-18H2,(H,42,52)(H,45,53)(H,46,58)(H,47,59)(H,54,55)(H,56,57)(H,60,61)(H,66,67)(H,68,69)(H2,41,43,44)(H2,48,49,62)(H2,63,64,65)/t21?,22?,23?,24-,25?,26?,27-,30?,34-/m0/s1. The summed E-state index contributed by atoms with van der Waals surface area (Å²) < 4.78 is 54.0. The number of phosphoric ester groups is 1. The Morgan fingerprint density at radius 3 is 2.25 bits per heavy atom. The Balaban J connectivity index is 1.09. The highest BCUT2D eigenvalue weighted by molar-refractivity contribution is 8.76. The van der Waals surface area contributed by atoms with E-state index in [2.05, 4.69) is 61.5 Å². The van der Waals surface area contributed by atoms with E-state index in [4.69, 9.17) is 25.4 Å². The lowest BCUT2D eigenvalue weighted by atomic mass is 10.0. The van der Waals surface area contributed by atoms with Gasteiger partial charge in [-0.2, -0.15) is 20.4 Å². The number of hydrogen-bond acceptors (Lipinski definition) is 22. The first-order valence-electron chi connectivity index (χ1n) is 23.6. The quantitative estimate of drug-likeness (QED) is 0.0141. The Morgan fingerprint density at radius 1 is 0.873 bits per heavy atom. The number of nitrogen functional groups attached to an aromatic ring is 1. The van der Waals surface area contributed by atoms with Crippen LogP contribution >= 0.6 is 56.8 Å². The molecule has 6 amide bonds. The van der Waals surface area contributed by atoms with E-state index < -0.39 is 115 Å². The van der Waals surface area contributed by atoms with Gasteiger partial charge in [0.05, 0.1) is 55.1 Å². The highest BCUT2D eigenvalue weighted by Gasteiger charge is 2.44. The Hall–Kier alpha value is -5.08. The predicted molar refractivity (Wildman–Crippen MR) is 277 cm³/mol. The highest BCUT2D eigenvalue weighted by Crippen LogP contribution is 2.66. The molecule has 0 aliphatic carbocycles. The van der Waals surface area contributed by atoms with E-state index in [1.807, 2.05) is 5.32 Å². The Morgan fingerprint density at radius 2 is 1.56 bits per heavy atom. The number of nitrogens with two attached hydrogens (primary N) is 1. The molecule has 2 aromatic rings. The summed E-state index contributed by atoms with van der Waals surface area (Å²) in [4.78, 5) is 143. The fraction of sp³-hybridized carbons (Fsp3) is 0.600. The number of ether oxygens (including phenoxy) is 1. The molecule has 8 unspecified atom stereocenters. The number of unbranched alkanes of at least 4 members (excludes halogenated alkanes) is 1. The molecule has 5 heterocycles. The van der Waals surface area contributed by atoms with E-state index in [9.17, 15) is 77.2 Å². The van der Waals surface area contributed by atoms with Crippen molar-refractivity contribution in [1.29, 1.82) is 0 Å². The summed E-state index contributed by atoms with van der Waals surface area (Å²) in [6.45, 7) is -1.04. The van der Waals surface area contributed by atoms with Crippen LogP contribution in [0.15, 0.2) is 12.5 Å². The molecule has 0 bridgehead atoms. The molecule has 79 heavy (non-hydrogen) atoms. The van der Waals surface area contributed by atoms with Crippen LogP contribution in [-0.4, -0.2) is 180 Å². The Labute approximate surface area is 460 Å². The van der Waals surface area contributed by atoms with Gasteiger partial charge in [0.15, 0.2) is 0 Å². The van der Waals surface area contributed by atoms with Crippen LogP contribution in [0.2, 0.25) is 0 Å². The number of aliphatic carboxylic acids is 3. The summed E-state index contributed by atoms with van der Waals surface area (Å²) in [7, 11) is -14.3. The van der Waals surface area contributed by atoms with Gasteiger partial charge in [0.2, 0.25) is 23.6 Å². The normalized spacial score (nSPS) is 22.3. The van der Waals surface area contributed by atoms with Crippen LogP contribution < -0.4 is 37.6 Å². The topological polar surface area (TPSA) is 515 Å². The fourth-order valence-corrected chi connectivity index (χ4v) is 14.7. The van der Waals surface area contributed by atoms with Crippen LogP contribution in [0.3, 0.4) is 0 Å². The number of aliphatic hydroxyl groups is 1. The summed E-state index contributed by atoms with van der Waals surface area (Å²) in [5, 5.41) is 54.2. The van der Waals surface area contributed by atoms with Crippen molar-refractivity contribution in [2.45, 2.75) is 118 Å². The zero-order valence-corrected chi connectivity index (χ0v) is 46.3. The third-order valence-corrected chi connectivity index (χ3v) is 19.3. The van der Waals surface area contributed by atoms with Gasteiger partial charge < -0.3 is 86.9 Å². The molecule has 3 fully saturated rings. The molecule has 0 radical (unpaired) electrons. The van der Waals surface area contributed by atoms with E-state index in [1.165, 1.54) is 32.4 Å². The molecule has 3 aliphatic heterocycles.